The van der Waals surface area contributed by atoms with Crippen molar-refractivity contribution in [2.75, 3.05) is 0 Å². The number of pyridine rings is 1. The van der Waals surface area contributed by atoms with Gasteiger partial charge in [0.25, 0.3) is 0 Å². The molecule has 0 radical (unpaired) electrons. The number of nitrogens with zero attached hydrogens (tertiary/aromatic N) is 3. The second kappa shape index (κ2) is 12.6. The van der Waals surface area contributed by atoms with Crippen LogP contribution in [-0.4, -0.2) is 15.0 Å². The van der Waals surface area contributed by atoms with E-state index in [0.717, 1.165) is 66.6 Å². The van der Waals surface area contributed by atoms with Crippen LogP contribution in [0.15, 0.2) is 171 Å². The van der Waals surface area contributed by atoms with E-state index in [0.29, 0.717) is 5.82 Å². The molecule has 0 amide bonds. The predicted octanol–water partition coefficient (Wildman–Crippen LogP) is 12.7. The maximum Gasteiger partial charge on any atom is 0.160 e. The number of aromatic nitrogens is 3. The third kappa shape index (κ3) is 5.36. The molecule has 51 heavy (non-hydrogen) atoms. The topological polar surface area (TPSA) is 38.7 Å². The van der Waals surface area contributed by atoms with Gasteiger partial charge in [0.2, 0.25) is 0 Å². The van der Waals surface area contributed by atoms with Gasteiger partial charge < -0.3 is 0 Å². The second-order valence-corrected chi connectivity index (χ2v) is 12.9. The van der Waals surface area contributed by atoms with E-state index in [2.05, 4.69) is 165 Å². The molecule has 9 aromatic rings. The average molecular weight is 652 g/mol. The first-order valence-corrected chi connectivity index (χ1v) is 17.2. The van der Waals surface area contributed by atoms with Crippen molar-refractivity contribution in [1.29, 1.82) is 0 Å². The Hall–Kier alpha value is -6.71. The lowest BCUT2D eigenvalue weighted by Crippen LogP contribution is -1.99. The van der Waals surface area contributed by atoms with Gasteiger partial charge >= 0.3 is 0 Å². The highest BCUT2D eigenvalue weighted by molar-refractivity contribution is 6.13. The average Bonchev–Trinajstić information content (AvgIpc) is 3.19. The lowest BCUT2D eigenvalue weighted by molar-refractivity contribution is 1.18. The Morgan fingerprint density at radius 3 is 1.82 bits per heavy atom. The molecule has 0 aliphatic rings. The van der Waals surface area contributed by atoms with Crippen LogP contribution in [0.4, 0.5) is 0 Å². The summed E-state index contributed by atoms with van der Waals surface area (Å²) in [4.78, 5) is 15.4. The largest absolute Gasteiger partial charge is 0.256 e. The normalized spacial score (nSPS) is 11.6. The minimum Gasteiger partial charge on any atom is -0.256 e. The minimum absolute atomic E-state index is 0.674. The van der Waals surface area contributed by atoms with E-state index in [1.54, 1.807) is 0 Å². The summed E-state index contributed by atoms with van der Waals surface area (Å²) in [5.41, 5.74) is 9.19. The van der Waals surface area contributed by atoms with E-state index < -0.39 is 0 Å². The Morgan fingerprint density at radius 1 is 0.510 bits per heavy atom. The lowest BCUT2D eigenvalue weighted by atomic mass is 9.91. The molecule has 3 nitrogen and oxygen atoms in total. The van der Waals surface area contributed by atoms with Crippen LogP contribution in [0.3, 0.4) is 0 Å². The third-order valence-electron chi connectivity index (χ3n) is 9.89. The summed E-state index contributed by atoms with van der Waals surface area (Å²) in [6.07, 6.45) is 7.85. The first-order chi connectivity index (χ1) is 25.2. The smallest absolute Gasteiger partial charge is 0.160 e. The Morgan fingerprint density at radius 2 is 1.08 bits per heavy atom. The zero-order chi connectivity index (χ0) is 34.3. The lowest BCUT2D eigenvalue weighted by Gasteiger charge is -2.16. The SMILES string of the molecule is C=C/C=C\c1c(C)c(-c2cc(-c3cc4ccccc4c4ccccc34)nc(-c3ccc(-c4nccc5ccccc45)cc3)n2)cc2ccccc12. The van der Waals surface area contributed by atoms with Gasteiger partial charge in [0, 0.05) is 33.8 Å². The standard InChI is InChI=1S/C48H33N3/c1-3-4-16-37-31(2)43(28-35-14-6-8-17-38(35)37)45-30-46(44-29-36-15-7-9-18-39(36)41-20-11-12-21-42(41)44)51-48(50-45)34-24-22-33(23-25-34)47-40-19-10-5-13-32(40)26-27-49-47/h3-30H,1H2,2H3/b16-4-. The predicted molar refractivity (Wildman–Crippen MR) is 216 cm³/mol. The summed E-state index contributed by atoms with van der Waals surface area (Å²) in [6, 6.07) is 51.3. The molecule has 0 fully saturated rings. The van der Waals surface area contributed by atoms with Gasteiger partial charge in [-0.05, 0) is 80.0 Å². The molecule has 2 aromatic heterocycles. The molecular formula is C48H33N3. The Balaban J connectivity index is 1.28. The molecule has 0 saturated carbocycles. The quantitative estimate of drug-likeness (QED) is 0.133. The van der Waals surface area contributed by atoms with E-state index in [-0.39, 0.29) is 0 Å². The third-order valence-corrected chi connectivity index (χ3v) is 9.89. The molecule has 0 aliphatic heterocycles. The number of rotatable bonds is 6. The van der Waals surface area contributed by atoms with Gasteiger partial charge in [0.1, 0.15) is 0 Å². The zero-order valence-electron chi connectivity index (χ0n) is 28.2. The molecule has 0 bridgehead atoms. The van der Waals surface area contributed by atoms with Crippen molar-refractivity contribution in [2.45, 2.75) is 6.92 Å². The molecule has 0 unspecified atom stereocenters. The number of benzene rings is 7. The van der Waals surface area contributed by atoms with E-state index in [1.165, 1.54) is 26.9 Å². The number of hydrogen-bond donors (Lipinski definition) is 0. The molecule has 240 valence electrons. The number of allylic oxidation sites excluding steroid dienone is 2. The molecule has 0 aliphatic carbocycles. The van der Waals surface area contributed by atoms with Crippen LogP contribution in [0.5, 0.6) is 0 Å². The van der Waals surface area contributed by atoms with Gasteiger partial charge in [0.15, 0.2) is 5.82 Å². The van der Waals surface area contributed by atoms with E-state index in [9.17, 15) is 0 Å². The summed E-state index contributed by atoms with van der Waals surface area (Å²) >= 11 is 0. The molecule has 0 atom stereocenters. The Kier molecular flexibility index (Phi) is 7.52. The van der Waals surface area contributed by atoms with Crippen LogP contribution >= 0.6 is 0 Å². The summed E-state index contributed by atoms with van der Waals surface area (Å²) in [7, 11) is 0. The maximum absolute atomic E-state index is 5.32. The van der Waals surface area contributed by atoms with Gasteiger partial charge in [-0.3, -0.25) is 4.98 Å². The fourth-order valence-electron chi connectivity index (χ4n) is 7.37. The molecular weight excluding hydrogens is 619 g/mol. The van der Waals surface area contributed by atoms with E-state index in [4.69, 9.17) is 15.0 Å². The van der Waals surface area contributed by atoms with Crippen molar-refractivity contribution in [3.05, 3.63) is 182 Å². The molecule has 3 heteroatoms. The monoisotopic (exact) mass is 651 g/mol. The van der Waals surface area contributed by atoms with E-state index >= 15 is 0 Å². The highest BCUT2D eigenvalue weighted by Crippen LogP contribution is 2.39. The minimum atomic E-state index is 0.674. The van der Waals surface area contributed by atoms with Gasteiger partial charge in [-0.1, -0.05) is 146 Å². The number of fused-ring (bicyclic) bond motifs is 5. The van der Waals surface area contributed by atoms with E-state index in [1.807, 2.05) is 18.3 Å². The molecule has 0 spiro atoms. The summed E-state index contributed by atoms with van der Waals surface area (Å²) in [5.74, 6) is 0.674. The van der Waals surface area contributed by atoms with Crippen LogP contribution in [-0.2, 0) is 0 Å². The van der Waals surface area contributed by atoms with Gasteiger partial charge in [-0.25, -0.2) is 9.97 Å². The van der Waals surface area contributed by atoms with Crippen molar-refractivity contribution in [1.82, 2.24) is 15.0 Å². The highest BCUT2D eigenvalue weighted by Gasteiger charge is 2.18. The van der Waals surface area contributed by atoms with Crippen molar-refractivity contribution < 1.29 is 0 Å². The van der Waals surface area contributed by atoms with Crippen LogP contribution in [0.1, 0.15) is 11.1 Å². The van der Waals surface area contributed by atoms with Gasteiger partial charge in [-0.2, -0.15) is 0 Å². The highest BCUT2D eigenvalue weighted by atomic mass is 14.9. The number of hydrogen-bond acceptors (Lipinski definition) is 3. The van der Waals surface area contributed by atoms with Crippen molar-refractivity contribution in [2.24, 2.45) is 0 Å². The molecule has 0 N–H and O–H groups in total. The van der Waals surface area contributed by atoms with Crippen LogP contribution in [0, 0.1) is 6.92 Å². The summed E-state index contributed by atoms with van der Waals surface area (Å²) < 4.78 is 0. The first-order valence-electron chi connectivity index (χ1n) is 17.2. The van der Waals surface area contributed by atoms with Crippen LogP contribution < -0.4 is 0 Å². The molecule has 0 saturated heterocycles. The fraction of sp³-hybridized carbons (Fsp3) is 0.0208. The molecule has 7 aromatic carbocycles. The first kappa shape index (κ1) is 30.4. The fourth-order valence-corrected chi connectivity index (χ4v) is 7.37. The van der Waals surface area contributed by atoms with Gasteiger partial charge in [-0.15, -0.1) is 0 Å². The molecule has 2 heterocycles. The zero-order valence-corrected chi connectivity index (χ0v) is 28.2. The second-order valence-electron chi connectivity index (χ2n) is 12.9. The molecule has 9 rings (SSSR count). The van der Waals surface area contributed by atoms with Gasteiger partial charge in [0.05, 0.1) is 17.1 Å². The van der Waals surface area contributed by atoms with Crippen molar-refractivity contribution in [3.8, 4) is 45.2 Å². The van der Waals surface area contributed by atoms with Crippen LogP contribution in [0.2, 0.25) is 0 Å². The summed E-state index contributed by atoms with van der Waals surface area (Å²) in [5, 5.41) is 9.43. The van der Waals surface area contributed by atoms with Crippen LogP contribution in [0.25, 0.3) is 94.3 Å². The van der Waals surface area contributed by atoms with Crippen molar-refractivity contribution >= 4 is 49.2 Å². The Labute approximate surface area is 296 Å². The summed E-state index contributed by atoms with van der Waals surface area (Å²) in [6.45, 7) is 6.12. The van der Waals surface area contributed by atoms with Crippen molar-refractivity contribution in [3.63, 3.8) is 0 Å². The maximum atomic E-state index is 5.32. The Bertz CT molecular complexity index is 2820.